The summed E-state index contributed by atoms with van der Waals surface area (Å²) in [5.41, 5.74) is 1.23. The number of piperazine rings is 1. The SMILES string of the molecule is CCOc1ccc(CCCNC(=O)N2CCN(C3CCCCC3)C(=O)C2)cc1. The van der Waals surface area contributed by atoms with E-state index in [2.05, 4.69) is 17.4 Å². The first-order valence-electron chi connectivity index (χ1n) is 10.7. The highest BCUT2D eigenvalue weighted by Gasteiger charge is 2.31. The lowest BCUT2D eigenvalue weighted by molar-refractivity contribution is -0.138. The molecule has 1 aliphatic carbocycles. The maximum Gasteiger partial charge on any atom is 0.317 e. The number of urea groups is 1. The van der Waals surface area contributed by atoms with Gasteiger partial charge in [-0.2, -0.15) is 0 Å². The normalized spacial score (nSPS) is 18.2. The maximum atomic E-state index is 12.5. The van der Waals surface area contributed by atoms with Crippen LogP contribution in [0.2, 0.25) is 0 Å². The molecule has 1 aromatic carbocycles. The minimum absolute atomic E-state index is 0.0997. The zero-order chi connectivity index (χ0) is 19.8. The molecule has 3 amide bonds. The number of carbonyl (C=O) groups excluding carboxylic acids is 2. The third-order valence-electron chi connectivity index (χ3n) is 5.71. The first kappa shape index (κ1) is 20.5. The van der Waals surface area contributed by atoms with Crippen LogP contribution in [0.15, 0.2) is 24.3 Å². The Hall–Kier alpha value is -2.24. The number of nitrogens with zero attached hydrogens (tertiary/aromatic N) is 2. The third kappa shape index (κ3) is 5.63. The fraction of sp³-hybridized carbons (Fsp3) is 0.636. The molecule has 1 heterocycles. The molecule has 0 bridgehead atoms. The molecule has 2 fully saturated rings. The number of hydrogen-bond donors (Lipinski definition) is 1. The van der Waals surface area contributed by atoms with Crippen LogP contribution >= 0.6 is 0 Å². The topological polar surface area (TPSA) is 61.9 Å². The van der Waals surface area contributed by atoms with Crippen molar-refractivity contribution in [2.24, 2.45) is 0 Å². The lowest BCUT2D eigenvalue weighted by atomic mass is 9.93. The molecule has 0 spiro atoms. The molecular formula is C22H33N3O3. The van der Waals surface area contributed by atoms with Gasteiger partial charge in [-0.25, -0.2) is 4.79 Å². The second-order valence-corrected chi connectivity index (χ2v) is 7.71. The van der Waals surface area contributed by atoms with Crippen molar-refractivity contribution in [3.8, 4) is 5.75 Å². The second kappa shape index (κ2) is 10.3. The third-order valence-corrected chi connectivity index (χ3v) is 5.71. The lowest BCUT2D eigenvalue weighted by Crippen LogP contribution is -2.57. The predicted octanol–water partition coefficient (Wildman–Crippen LogP) is 3.20. The van der Waals surface area contributed by atoms with Crippen molar-refractivity contribution in [2.75, 3.05) is 32.8 Å². The molecule has 1 saturated heterocycles. The van der Waals surface area contributed by atoms with E-state index in [9.17, 15) is 9.59 Å². The van der Waals surface area contributed by atoms with E-state index in [0.29, 0.717) is 32.3 Å². The van der Waals surface area contributed by atoms with E-state index < -0.39 is 0 Å². The monoisotopic (exact) mass is 387 g/mol. The Morgan fingerprint density at radius 2 is 1.89 bits per heavy atom. The van der Waals surface area contributed by atoms with Crippen LogP contribution < -0.4 is 10.1 Å². The summed E-state index contributed by atoms with van der Waals surface area (Å²) in [6.45, 7) is 4.77. The van der Waals surface area contributed by atoms with Gasteiger partial charge in [0.25, 0.3) is 0 Å². The Morgan fingerprint density at radius 3 is 2.57 bits per heavy atom. The molecule has 28 heavy (non-hydrogen) atoms. The zero-order valence-electron chi connectivity index (χ0n) is 17.0. The van der Waals surface area contributed by atoms with Gasteiger partial charge < -0.3 is 19.9 Å². The summed E-state index contributed by atoms with van der Waals surface area (Å²) >= 11 is 0. The summed E-state index contributed by atoms with van der Waals surface area (Å²) in [6.07, 6.45) is 7.72. The van der Waals surface area contributed by atoms with Crippen LogP contribution in [0, 0.1) is 0 Å². The van der Waals surface area contributed by atoms with Gasteiger partial charge in [0.1, 0.15) is 12.3 Å². The number of aryl methyl sites for hydroxylation is 1. The molecule has 154 valence electrons. The molecule has 1 saturated carbocycles. The van der Waals surface area contributed by atoms with Crippen molar-refractivity contribution in [1.82, 2.24) is 15.1 Å². The highest BCUT2D eigenvalue weighted by atomic mass is 16.5. The molecule has 0 radical (unpaired) electrons. The smallest absolute Gasteiger partial charge is 0.317 e. The summed E-state index contributed by atoms with van der Waals surface area (Å²) < 4.78 is 5.45. The van der Waals surface area contributed by atoms with Crippen molar-refractivity contribution in [1.29, 1.82) is 0 Å². The summed E-state index contributed by atoms with van der Waals surface area (Å²) in [5.74, 6) is 0.985. The molecule has 6 heteroatoms. The molecule has 6 nitrogen and oxygen atoms in total. The predicted molar refractivity (Wildman–Crippen MR) is 109 cm³/mol. The van der Waals surface area contributed by atoms with Gasteiger partial charge >= 0.3 is 6.03 Å². The number of ether oxygens (including phenoxy) is 1. The largest absolute Gasteiger partial charge is 0.494 e. The van der Waals surface area contributed by atoms with E-state index in [4.69, 9.17) is 4.74 Å². The first-order valence-corrected chi connectivity index (χ1v) is 10.7. The average Bonchev–Trinajstić information content (AvgIpc) is 2.73. The first-order chi connectivity index (χ1) is 13.7. The van der Waals surface area contributed by atoms with Crippen LogP contribution in [0.4, 0.5) is 4.79 Å². The van der Waals surface area contributed by atoms with Gasteiger partial charge in [-0.3, -0.25) is 4.79 Å². The van der Waals surface area contributed by atoms with Gasteiger partial charge in [0.05, 0.1) is 6.61 Å². The summed E-state index contributed by atoms with van der Waals surface area (Å²) in [5, 5.41) is 2.96. The molecule has 0 atom stereocenters. The fourth-order valence-corrected chi connectivity index (χ4v) is 4.16. The Kier molecular flexibility index (Phi) is 7.57. The van der Waals surface area contributed by atoms with Crippen molar-refractivity contribution in [3.63, 3.8) is 0 Å². The van der Waals surface area contributed by atoms with Crippen molar-refractivity contribution in [3.05, 3.63) is 29.8 Å². The van der Waals surface area contributed by atoms with Crippen molar-refractivity contribution in [2.45, 2.75) is 57.9 Å². The molecule has 1 aliphatic heterocycles. The Labute approximate surface area is 168 Å². The van der Waals surface area contributed by atoms with Crippen LogP contribution in [0.3, 0.4) is 0 Å². The van der Waals surface area contributed by atoms with Crippen LogP contribution in [0.5, 0.6) is 5.75 Å². The summed E-state index contributed by atoms with van der Waals surface area (Å²) in [7, 11) is 0. The maximum absolute atomic E-state index is 12.5. The quantitative estimate of drug-likeness (QED) is 0.731. The van der Waals surface area contributed by atoms with Crippen LogP contribution in [0.1, 0.15) is 51.0 Å². The summed E-state index contributed by atoms with van der Waals surface area (Å²) in [6, 6.07) is 8.36. The molecule has 1 N–H and O–H groups in total. The average molecular weight is 388 g/mol. The highest BCUT2D eigenvalue weighted by Crippen LogP contribution is 2.24. The Morgan fingerprint density at radius 1 is 1.14 bits per heavy atom. The van der Waals surface area contributed by atoms with Gasteiger partial charge in [0.15, 0.2) is 0 Å². The summed E-state index contributed by atoms with van der Waals surface area (Å²) in [4.78, 5) is 28.5. The van der Waals surface area contributed by atoms with Crippen molar-refractivity contribution >= 4 is 11.9 Å². The van der Waals surface area contributed by atoms with E-state index in [1.807, 2.05) is 24.0 Å². The van der Waals surface area contributed by atoms with Crippen LogP contribution in [-0.2, 0) is 11.2 Å². The second-order valence-electron chi connectivity index (χ2n) is 7.71. The van der Waals surface area contributed by atoms with Gasteiger partial charge in [0.2, 0.25) is 5.91 Å². The Bertz CT molecular complexity index is 641. The molecule has 0 unspecified atom stereocenters. The van der Waals surface area contributed by atoms with Crippen LogP contribution in [0.25, 0.3) is 0 Å². The minimum Gasteiger partial charge on any atom is -0.494 e. The van der Waals surface area contributed by atoms with E-state index >= 15 is 0 Å². The number of hydrogen-bond acceptors (Lipinski definition) is 3. The number of rotatable bonds is 7. The van der Waals surface area contributed by atoms with Gasteiger partial charge in [-0.15, -0.1) is 0 Å². The molecule has 3 rings (SSSR count). The zero-order valence-corrected chi connectivity index (χ0v) is 17.0. The van der Waals surface area contributed by atoms with E-state index in [-0.39, 0.29) is 18.5 Å². The number of amides is 3. The minimum atomic E-state index is -0.122. The highest BCUT2D eigenvalue weighted by molar-refractivity contribution is 5.85. The van der Waals surface area contributed by atoms with E-state index in [1.165, 1.54) is 24.8 Å². The lowest BCUT2D eigenvalue weighted by Gasteiger charge is -2.40. The van der Waals surface area contributed by atoms with Gasteiger partial charge in [0, 0.05) is 25.7 Å². The van der Waals surface area contributed by atoms with Crippen LogP contribution in [-0.4, -0.2) is 60.6 Å². The Balaban J connectivity index is 1.35. The molecule has 1 aromatic rings. The van der Waals surface area contributed by atoms with Crippen molar-refractivity contribution < 1.29 is 14.3 Å². The van der Waals surface area contributed by atoms with Gasteiger partial charge in [-0.1, -0.05) is 31.4 Å². The van der Waals surface area contributed by atoms with E-state index in [1.54, 1.807) is 4.90 Å². The fourth-order valence-electron chi connectivity index (χ4n) is 4.16. The standard InChI is InChI=1S/C22H33N3O3/c1-2-28-20-12-10-18(11-13-20)7-6-14-23-22(27)24-15-16-25(21(26)17-24)19-8-4-3-5-9-19/h10-13,19H,2-9,14-17H2,1H3,(H,23,27). The number of nitrogens with one attached hydrogen (secondary N) is 1. The van der Waals surface area contributed by atoms with E-state index in [0.717, 1.165) is 31.4 Å². The molecule has 2 aliphatic rings. The molecular weight excluding hydrogens is 354 g/mol. The number of carbonyl (C=O) groups is 2. The number of benzene rings is 1. The molecule has 0 aromatic heterocycles. The van der Waals surface area contributed by atoms with Gasteiger partial charge in [-0.05, 0) is 50.3 Å².